The zero-order chi connectivity index (χ0) is 13.8. The van der Waals surface area contributed by atoms with E-state index < -0.39 is 20.4 Å². The highest BCUT2D eigenvalue weighted by Gasteiger charge is 2.02. The number of hydrogen-bond acceptors (Lipinski definition) is 4. The summed E-state index contributed by atoms with van der Waals surface area (Å²) in [5.74, 6) is 0. The summed E-state index contributed by atoms with van der Waals surface area (Å²) in [5, 5.41) is 9.08. The Labute approximate surface area is 96.8 Å². The van der Waals surface area contributed by atoms with E-state index in [1.54, 1.807) is 0 Å². The Hall–Kier alpha value is -0.780. The third kappa shape index (κ3) is 29.2. The second-order valence-electron chi connectivity index (χ2n) is 1.88. The average molecular weight is 274 g/mol. The van der Waals surface area contributed by atoms with Gasteiger partial charge < -0.3 is 0 Å². The summed E-state index contributed by atoms with van der Waals surface area (Å²) in [6.45, 7) is 11.7. The zero-order valence-electron chi connectivity index (χ0n) is 8.85. The number of nitrogens with one attached hydrogen (secondary N) is 2. The van der Waals surface area contributed by atoms with Crippen LogP contribution in [0.4, 0.5) is 0 Å². The van der Waals surface area contributed by atoms with E-state index in [9.17, 15) is 16.8 Å². The third-order valence-corrected chi connectivity index (χ3v) is 1.94. The third-order valence-electron chi connectivity index (χ3n) is 0.731. The first-order chi connectivity index (χ1) is 7.21. The Kier molecular flexibility index (Phi) is 13.8. The quantitative estimate of drug-likeness (QED) is 0.345. The van der Waals surface area contributed by atoms with E-state index in [1.807, 2.05) is 9.44 Å². The molecule has 0 spiro atoms. The highest BCUT2D eigenvalue weighted by molar-refractivity contribution is 7.87. The van der Waals surface area contributed by atoms with E-state index in [-0.39, 0.29) is 13.1 Å². The van der Waals surface area contributed by atoms with Gasteiger partial charge in [0.2, 0.25) is 0 Å². The number of hydrogen-bond donors (Lipinski definition) is 4. The maximum absolute atomic E-state index is 10.2. The van der Waals surface area contributed by atoms with Gasteiger partial charge >= 0.3 is 0 Å². The van der Waals surface area contributed by atoms with Crippen molar-refractivity contribution < 1.29 is 16.8 Å². The minimum Gasteiger partial charge on any atom is -0.216 e. The smallest absolute Gasteiger partial charge is 0.216 e. The summed E-state index contributed by atoms with van der Waals surface area (Å²) < 4.78 is 44.6. The van der Waals surface area contributed by atoms with Gasteiger partial charge in [-0.15, -0.1) is 26.3 Å². The molecule has 0 aliphatic carbocycles. The van der Waals surface area contributed by atoms with Crippen molar-refractivity contribution in [2.45, 2.75) is 0 Å². The van der Waals surface area contributed by atoms with Crippen molar-refractivity contribution in [3.8, 4) is 0 Å². The molecular formula is C6H18N4O4S2. The fourth-order valence-electron chi connectivity index (χ4n) is 0.387. The first-order valence-corrected chi connectivity index (χ1v) is 6.85. The van der Waals surface area contributed by atoms with Gasteiger partial charge in [-0.3, -0.25) is 0 Å². The Morgan fingerprint density at radius 3 is 1.06 bits per heavy atom. The molecule has 0 atom stereocenters. The summed E-state index contributed by atoms with van der Waals surface area (Å²) in [6.07, 6.45) is 0. The van der Waals surface area contributed by atoms with Crippen LogP contribution < -0.4 is 19.7 Å². The summed E-state index contributed by atoms with van der Waals surface area (Å²) in [4.78, 5) is 0. The predicted molar refractivity (Wildman–Crippen MR) is 64.7 cm³/mol. The molecule has 0 aliphatic heterocycles. The molecule has 0 aromatic rings. The summed E-state index contributed by atoms with van der Waals surface area (Å²) in [7, 11) is -7.53. The largest absolute Gasteiger partial charge is 0.274 e. The maximum atomic E-state index is 10.2. The molecule has 0 aliphatic rings. The monoisotopic (exact) mass is 274 g/mol. The average Bonchev–Trinajstić information content (AvgIpc) is 2.16. The first kappa shape index (κ1) is 20.6. The summed E-state index contributed by atoms with van der Waals surface area (Å²) in [5.41, 5.74) is 0. The fourth-order valence-corrected chi connectivity index (χ4v) is 1.16. The lowest BCUT2D eigenvalue weighted by atomic mass is 10.7. The Balaban J connectivity index is -0.000000376. The molecule has 8 nitrogen and oxygen atoms in total. The van der Waals surface area contributed by atoms with Gasteiger partial charge in [-0.2, -0.15) is 16.8 Å². The van der Waals surface area contributed by atoms with E-state index in [0.717, 1.165) is 0 Å². The van der Waals surface area contributed by atoms with E-state index in [0.29, 0.717) is 0 Å². The van der Waals surface area contributed by atoms with Crippen LogP contribution in [0, 0.1) is 0 Å². The Morgan fingerprint density at radius 1 is 0.750 bits per heavy atom. The summed E-state index contributed by atoms with van der Waals surface area (Å²) in [6, 6.07) is 0. The lowest BCUT2D eigenvalue weighted by molar-refractivity contribution is 0.572. The first-order valence-electron chi connectivity index (χ1n) is 3.75. The standard InChI is InChI=1S/C2H10N4O4S2.2C2H4/c3-11(7,8)5-1-2-6-12(4,9)10;2*1-2/h5-6H,1-2H2,(H2,3,7,8)(H2,4,9,10);2*1-2H2. The van der Waals surface area contributed by atoms with Crippen molar-refractivity contribution in [2.75, 3.05) is 13.1 Å². The minimum atomic E-state index is -3.77. The van der Waals surface area contributed by atoms with Crippen molar-refractivity contribution in [2.24, 2.45) is 10.3 Å². The molecule has 0 heterocycles. The highest BCUT2D eigenvalue weighted by atomic mass is 32.2. The molecule has 98 valence electrons. The van der Waals surface area contributed by atoms with Gasteiger partial charge in [0.15, 0.2) is 0 Å². The molecule has 0 bridgehead atoms. The molecule has 6 N–H and O–H groups in total. The van der Waals surface area contributed by atoms with Gasteiger partial charge in [0, 0.05) is 13.1 Å². The predicted octanol–water partition coefficient (Wildman–Crippen LogP) is -1.82. The molecule has 0 rings (SSSR count). The molecule has 10 heteroatoms. The van der Waals surface area contributed by atoms with Crippen molar-refractivity contribution >= 4 is 20.4 Å². The molecule has 0 unspecified atom stereocenters. The van der Waals surface area contributed by atoms with Gasteiger partial charge in [0.25, 0.3) is 20.4 Å². The number of rotatable bonds is 5. The van der Waals surface area contributed by atoms with Crippen LogP contribution in [0.5, 0.6) is 0 Å². The van der Waals surface area contributed by atoms with Gasteiger partial charge in [0.1, 0.15) is 0 Å². The van der Waals surface area contributed by atoms with Crippen LogP contribution in [0.15, 0.2) is 26.3 Å². The van der Waals surface area contributed by atoms with Gasteiger partial charge in [-0.25, -0.2) is 19.7 Å². The SMILES string of the molecule is C=C.C=C.NS(=O)(=O)NCCNS(N)(=O)=O. The maximum Gasteiger partial charge on any atom is 0.274 e. The van der Waals surface area contributed by atoms with Crippen LogP contribution >= 0.6 is 0 Å². The van der Waals surface area contributed by atoms with E-state index in [4.69, 9.17) is 0 Å². The fraction of sp³-hybridized carbons (Fsp3) is 0.333. The Bertz CT molecular complexity index is 315. The molecule has 0 saturated heterocycles. The van der Waals surface area contributed by atoms with Crippen LogP contribution in [0.25, 0.3) is 0 Å². The van der Waals surface area contributed by atoms with E-state index in [1.165, 1.54) is 0 Å². The van der Waals surface area contributed by atoms with Crippen molar-refractivity contribution in [1.29, 1.82) is 0 Å². The highest BCUT2D eigenvalue weighted by Crippen LogP contribution is 1.68. The topological polar surface area (TPSA) is 144 Å². The molecule has 0 fully saturated rings. The van der Waals surface area contributed by atoms with Crippen molar-refractivity contribution in [3.63, 3.8) is 0 Å². The molecule has 16 heavy (non-hydrogen) atoms. The Morgan fingerprint density at radius 2 is 0.938 bits per heavy atom. The van der Waals surface area contributed by atoms with Crippen LogP contribution in [0.3, 0.4) is 0 Å². The summed E-state index contributed by atoms with van der Waals surface area (Å²) >= 11 is 0. The normalized spacial score (nSPS) is 10.4. The van der Waals surface area contributed by atoms with Gasteiger partial charge in [-0.05, 0) is 0 Å². The van der Waals surface area contributed by atoms with Gasteiger partial charge in [0.05, 0.1) is 0 Å². The van der Waals surface area contributed by atoms with Crippen molar-refractivity contribution in [3.05, 3.63) is 26.3 Å². The van der Waals surface area contributed by atoms with E-state index >= 15 is 0 Å². The van der Waals surface area contributed by atoms with Crippen LogP contribution in [-0.2, 0) is 20.4 Å². The molecule has 0 saturated carbocycles. The van der Waals surface area contributed by atoms with E-state index in [2.05, 4.69) is 36.6 Å². The van der Waals surface area contributed by atoms with Crippen LogP contribution in [0.1, 0.15) is 0 Å². The molecular weight excluding hydrogens is 256 g/mol. The lowest BCUT2D eigenvalue weighted by Crippen LogP contribution is -2.39. The second kappa shape index (κ2) is 10.7. The van der Waals surface area contributed by atoms with Crippen molar-refractivity contribution in [1.82, 2.24) is 9.44 Å². The van der Waals surface area contributed by atoms with Crippen LogP contribution in [-0.4, -0.2) is 29.9 Å². The molecule has 0 amide bonds. The molecule has 0 aromatic heterocycles. The minimum absolute atomic E-state index is 0.144. The number of nitrogens with two attached hydrogens (primary N) is 2. The zero-order valence-corrected chi connectivity index (χ0v) is 10.5. The molecule has 0 aromatic carbocycles. The molecule has 0 radical (unpaired) electrons. The lowest BCUT2D eigenvalue weighted by Gasteiger charge is -2.01. The van der Waals surface area contributed by atoms with Crippen LogP contribution in [0.2, 0.25) is 0 Å². The van der Waals surface area contributed by atoms with Gasteiger partial charge in [-0.1, -0.05) is 0 Å². The second-order valence-corrected chi connectivity index (χ2v) is 4.64.